The number of benzene rings is 1. The van der Waals surface area contributed by atoms with Crippen LogP contribution in [0.15, 0.2) is 31.6 Å². The molecule has 0 bridgehead atoms. The van der Waals surface area contributed by atoms with Crippen LogP contribution in [-0.4, -0.2) is 6.29 Å². The molecule has 0 aliphatic carbocycles. The largest absolute Gasteiger partial charge is 0.453 e. The van der Waals surface area contributed by atoms with Crippen LogP contribution in [-0.2, 0) is 6.18 Å². The molecule has 0 spiro atoms. The summed E-state index contributed by atoms with van der Waals surface area (Å²) in [4.78, 5) is 10.5. The number of carbonyl (C=O) groups is 1. The number of halogens is 6. The van der Waals surface area contributed by atoms with Crippen molar-refractivity contribution in [2.75, 3.05) is 0 Å². The summed E-state index contributed by atoms with van der Waals surface area (Å²) >= 11 is 5.43. The summed E-state index contributed by atoms with van der Waals surface area (Å²) in [6.45, 7) is 0. The molecule has 2 rings (SSSR count). The van der Waals surface area contributed by atoms with Crippen molar-refractivity contribution in [3.05, 3.63) is 44.3 Å². The van der Waals surface area contributed by atoms with Gasteiger partial charge in [-0.05, 0) is 34.1 Å². The van der Waals surface area contributed by atoms with E-state index in [4.69, 9.17) is 4.42 Å². The van der Waals surface area contributed by atoms with E-state index >= 15 is 0 Å². The van der Waals surface area contributed by atoms with Gasteiger partial charge in [-0.2, -0.15) is 13.2 Å². The van der Waals surface area contributed by atoms with Gasteiger partial charge in [0, 0.05) is 8.95 Å². The molecule has 2 nitrogen and oxygen atoms in total. The zero-order valence-electron chi connectivity index (χ0n) is 9.39. The fourth-order valence-electron chi connectivity index (χ4n) is 1.63. The third-order valence-corrected chi connectivity index (χ3v) is 3.86. The summed E-state index contributed by atoms with van der Waals surface area (Å²) in [6.07, 6.45) is -4.31. The third kappa shape index (κ3) is 2.67. The molecule has 1 aromatic carbocycles. The first-order chi connectivity index (χ1) is 9.25. The molecule has 0 unspecified atom stereocenters. The van der Waals surface area contributed by atoms with Crippen molar-refractivity contribution in [2.24, 2.45) is 0 Å². The first-order valence-corrected chi connectivity index (χ1v) is 6.64. The minimum atomic E-state index is -4.68. The Morgan fingerprint density at radius 1 is 1.20 bits per heavy atom. The molecule has 1 heterocycles. The second kappa shape index (κ2) is 5.33. The molecule has 0 saturated heterocycles. The van der Waals surface area contributed by atoms with E-state index in [-0.39, 0.29) is 11.5 Å². The monoisotopic (exact) mass is 414 g/mol. The summed E-state index contributed by atoms with van der Waals surface area (Å²) in [5.41, 5.74) is -1.45. The number of hydrogen-bond acceptors (Lipinski definition) is 2. The van der Waals surface area contributed by atoms with Gasteiger partial charge in [0.1, 0.15) is 11.6 Å². The molecule has 8 heteroatoms. The highest BCUT2D eigenvalue weighted by Crippen LogP contribution is 2.45. The summed E-state index contributed by atoms with van der Waals surface area (Å²) in [7, 11) is 0. The second-order valence-corrected chi connectivity index (χ2v) is 5.37. The highest BCUT2D eigenvalue weighted by Gasteiger charge is 2.38. The van der Waals surface area contributed by atoms with Crippen LogP contribution in [0.25, 0.3) is 11.3 Å². The molecule has 0 amide bonds. The van der Waals surface area contributed by atoms with E-state index in [1.54, 1.807) is 0 Å². The van der Waals surface area contributed by atoms with E-state index in [0.29, 0.717) is 12.4 Å². The normalized spacial score (nSPS) is 11.7. The van der Waals surface area contributed by atoms with Gasteiger partial charge in [-0.3, -0.25) is 4.79 Å². The molecule has 0 aliphatic rings. The molecule has 106 valence electrons. The van der Waals surface area contributed by atoms with Crippen LogP contribution in [0.4, 0.5) is 17.6 Å². The van der Waals surface area contributed by atoms with E-state index in [0.717, 1.165) is 0 Å². The first kappa shape index (κ1) is 15.2. The first-order valence-electron chi connectivity index (χ1n) is 5.05. The lowest BCUT2D eigenvalue weighted by molar-refractivity contribution is -0.138. The lowest BCUT2D eigenvalue weighted by Crippen LogP contribution is -2.09. The Morgan fingerprint density at radius 3 is 2.35 bits per heavy atom. The maximum absolute atomic E-state index is 13.9. The lowest BCUT2D eigenvalue weighted by atomic mass is 10.1. The van der Waals surface area contributed by atoms with Crippen LogP contribution in [0.1, 0.15) is 16.1 Å². The minimum Gasteiger partial charge on any atom is -0.453 e. The maximum atomic E-state index is 13.9. The zero-order chi connectivity index (χ0) is 15.1. The molecular weight excluding hydrogens is 412 g/mol. The highest BCUT2D eigenvalue weighted by molar-refractivity contribution is 9.11. The summed E-state index contributed by atoms with van der Waals surface area (Å²) in [5.74, 6) is -1.19. The molecule has 0 saturated carbocycles. The van der Waals surface area contributed by atoms with Gasteiger partial charge in [0.2, 0.25) is 0 Å². The molecule has 1 aromatic heterocycles. The average Bonchev–Trinajstić information content (AvgIpc) is 2.74. The maximum Gasteiger partial charge on any atom is 0.418 e. The van der Waals surface area contributed by atoms with Gasteiger partial charge < -0.3 is 4.42 Å². The van der Waals surface area contributed by atoms with E-state index < -0.39 is 32.1 Å². The minimum absolute atomic E-state index is 0.109. The fraction of sp³-hybridized carbons (Fsp3) is 0.0833. The average molecular weight is 416 g/mol. The number of alkyl halides is 3. The number of hydrogen-bond donors (Lipinski definition) is 0. The zero-order valence-corrected chi connectivity index (χ0v) is 12.6. The Balaban J connectivity index is 2.73. The van der Waals surface area contributed by atoms with Crippen LogP contribution >= 0.6 is 31.9 Å². The van der Waals surface area contributed by atoms with Crippen molar-refractivity contribution in [2.45, 2.75) is 6.18 Å². The van der Waals surface area contributed by atoms with Gasteiger partial charge >= 0.3 is 6.18 Å². The molecule has 0 atom stereocenters. The van der Waals surface area contributed by atoms with Crippen LogP contribution < -0.4 is 0 Å². The Labute approximate surface area is 127 Å². The SMILES string of the molecule is O=Cc1ccc(-c2c(F)cc(Br)c(C(F)(F)F)c2Br)o1. The van der Waals surface area contributed by atoms with Crippen LogP contribution in [0.3, 0.4) is 0 Å². The van der Waals surface area contributed by atoms with Crippen molar-refractivity contribution >= 4 is 38.1 Å². The quantitative estimate of drug-likeness (QED) is 0.482. The Bertz CT molecular complexity index is 677. The van der Waals surface area contributed by atoms with Crippen molar-refractivity contribution in [1.29, 1.82) is 0 Å². The number of aldehydes is 1. The van der Waals surface area contributed by atoms with Crippen molar-refractivity contribution in [3.8, 4) is 11.3 Å². The van der Waals surface area contributed by atoms with Crippen molar-refractivity contribution in [3.63, 3.8) is 0 Å². The molecule has 0 N–H and O–H groups in total. The summed E-state index contributed by atoms with van der Waals surface area (Å²) in [5, 5.41) is 0. The molecule has 2 aromatic rings. The summed E-state index contributed by atoms with van der Waals surface area (Å²) < 4.78 is 56.8. The summed E-state index contributed by atoms with van der Waals surface area (Å²) in [6, 6.07) is 3.16. The van der Waals surface area contributed by atoms with Gasteiger partial charge in [-0.15, -0.1) is 0 Å². The Kier molecular flexibility index (Phi) is 4.06. The van der Waals surface area contributed by atoms with Gasteiger partial charge in [0.25, 0.3) is 0 Å². The lowest BCUT2D eigenvalue weighted by Gasteiger charge is -2.14. The molecule has 20 heavy (non-hydrogen) atoms. The number of carbonyl (C=O) groups excluding carboxylic acids is 1. The van der Waals surface area contributed by atoms with Gasteiger partial charge in [0.05, 0.1) is 11.1 Å². The van der Waals surface area contributed by atoms with Crippen molar-refractivity contribution < 1.29 is 26.8 Å². The number of rotatable bonds is 2. The van der Waals surface area contributed by atoms with Gasteiger partial charge in [-0.1, -0.05) is 15.9 Å². The Hall–Kier alpha value is -1.15. The van der Waals surface area contributed by atoms with E-state index in [9.17, 15) is 22.4 Å². The predicted molar refractivity (Wildman–Crippen MR) is 69.9 cm³/mol. The fourth-order valence-corrected chi connectivity index (χ4v) is 3.34. The second-order valence-electron chi connectivity index (χ2n) is 3.72. The third-order valence-electron chi connectivity index (χ3n) is 2.44. The Morgan fingerprint density at radius 2 is 1.85 bits per heavy atom. The van der Waals surface area contributed by atoms with Gasteiger partial charge in [0.15, 0.2) is 12.0 Å². The van der Waals surface area contributed by atoms with E-state index in [1.807, 2.05) is 0 Å². The molecule has 0 fully saturated rings. The van der Waals surface area contributed by atoms with Crippen LogP contribution in [0, 0.1) is 5.82 Å². The van der Waals surface area contributed by atoms with Crippen molar-refractivity contribution in [1.82, 2.24) is 0 Å². The smallest absolute Gasteiger partial charge is 0.418 e. The molecule has 0 radical (unpaired) electrons. The van der Waals surface area contributed by atoms with Gasteiger partial charge in [-0.25, -0.2) is 4.39 Å². The molecular formula is C12H4Br2F4O2. The topological polar surface area (TPSA) is 30.2 Å². The standard InChI is InChI=1S/C12H4Br2F4O2/c13-6-3-7(15)9(8-2-1-5(4-19)20-8)11(14)10(6)12(16,17)18/h1-4H. The predicted octanol–water partition coefficient (Wildman–Crippen LogP) is 5.44. The van der Waals surface area contributed by atoms with Crippen LogP contribution in [0.2, 0.25) is 0 Å². The van der Waals surface area contributed by atoms with E-state index in [1.165, 1.54) is 12.1 Å². The highest BCUT2D eigenvalue weighted by atomic mass is 79.9. The molecule has 0 aliphatic heterocycles. The number of furan rings is 1. The van der Waals surface area contributed by atoms with Crippen LogP contribution in [0.5, 0.6) is 0 Å². The van der Waals surface area contributed by atoms with E-state index in [2.05, 4.69) is 31.9 Å².